The molecule has 0 radical (unpaired) electrons. The van der Waals surface area contributed by atoms with E-state index in [4.69, 9.17) is 5.11 Å². The molecule has 0 aliphatic heterocycles. The first kappa shape index (κ1) is 11.9. The van der Waals surface area contributed by atoms with Crippen LogP contribution < -0.4 is 0 Å². The zero-order valence-electron chi connectivity index (χ0n) is 8.71. The fourth-order valence-corrected chi connectivity index (χ4v) is 1.55. The van der Waals surface area contributed by atoms with E-state index in [9.17, 15) is 0 Å². The summed E-state index contributed by atoms with van der Waals surface area (Å²) >= 11 is 0. The standard InChI is InChI=1S/C10H23NO/c1-4-7-11(8-5-2)10(6-3)9-12/h10,12H,4-9H2,1-3H3. The molecule has 0 aliphatic rings. The van der Waals surface area contributed by atoms with Gasteiger partial charge >= 0.3 is 0 Å². The Kier molecular flexibility index (Phi) is 7.51. The average Bonchev–Trinajstić information content (AvgIpc) is 2.07. The molecule has 0 aromatic carbocycles. The molecule has 0 bridgehead atoms. The van der Waals surface area contributed by atoms with Gasteiger partial charge in [-0.25, -0.2) is 0 Å². The number of aliphatic hydroxyl groups excluding tert-OH is 1. The van der Waals surface area contributed by atoms with Crippen molar-refractivity contribution in [3.63, 3.8) is 0 Å². The molecule has 2 nitrogen and oxygen atoms in total. The summed E-state index contributed by atoms with van der Waals surface area (Å²) in [7, 11) is 0. The van der Waals surface area contributed by atoms with Crippen molar-refractivity contribution in [1.82, 2.24) is 4.90 Å². The van der Waals surface area contributed by atoms with E-state index in [2.05, 4.69) is 25.7 Å². The molecule has 0 spiro atoms. The van der Waals surface area contributed by atoms with Gasteiger partial charge in [-0.1, -0.05) is 20.8 Å². The van der Waals surface area contributed by atoms with Gasteiger partial charge in [0.1, 0.15) is 0 Å². The van der Waals surface area contributed by atoms with E-state index in [0.29, 0.717) is 12.6 Å². The predicted molar refractivity (Wildman–Crippen MR) is 53.3 cm³/mol. The van der Waals surface area contributed by atoms with Crippen molar-refractivity contribution in [2.75, 3.05) is 19.7 Å². The van der Waals surface area contributed by atoms with Crippen LogP contribution in [0, 0.1) is 0 Å². The summed E-state index contributed by atoms with van der Waals surface area (Å²) in [4.78, 5) is 2.39. The van der Waals surface area contributed by atoms with E-state index in [-0.39, 0.29) is 0 Å². The van der Waals surface area contributed by atoms with Gasteiger partial charge < -0.3 is 5.11 Å². The van der Waals surface area contributed by atoms with Crippen LogP contribution in [0.5, 0.6) is 0 Å². The van der Waals surface area contributed by atoms with E-state index in [0.717, 1.165) is 19.5 Å². The molecule has 1 unspecified atom stereocenters. The Balaban J connectivity index is 3.86. The highest BCUT2D eigenvalue weighted by Crippen LogP contribution is 2.05. The smallest absolute Gasteiger partial charge is 0.0586 e. The molecule has 74 valence electrons. The second-order valence-electron chi connectivity index (χ2n) is 3.28. The molecule has 0 amide bonds. The van der Waals surface area contributed by atoms with Gasteiger partial charge in [0.05, 0.1) is 6.61 Å². The molecule has 0 saturated carbocycles. The van der Waals surface area contributed by atoms with Crippen LogP contribution in [0.2, 0.25) is 0 Å². The zero-order valence-corrected chi connectivity index (χ0v) is 8.71. The maximum absolute atomic E-state index is 9.11. The largest absolute Gasteiger partial charge is 0.395 e. The van der Waals surface area contributed by atoms with E-state index in [1.54, 1.807) is 0 Å². The Morgan fingerprint density at radius 1 is 1.08 bits per heavy atom. The molecule has 0 saturated heterocycles. The van der Waals surface area contributed by atoms with Gasteiger partial charge in [-0.15, -0.1) is 0 Å². The lowest BCUT2D eigenvalue weighted by atomic mass is 10.2. The molecule has 0 fully saturated rings. The minimum absolute atomic E-state index is 0.302. The van der Waals surface area contributed by atoms with Crippen molar-refractivity contribution < 1.29 is 5.11 Å². The first-order valence-electron chi connectivity index (χ1n) is 5.14. The highest BCUT2D eigenvalue weighted by atomic mass is 16.3. The fraction of sp³-hybridized carbons (Fsp3) is 1.00. The van der Waals surface area contributed by atoms with E-state index in [1.165, 1.54) is 12.8 Å². The van der Waals surface area contributed by atoms with Crippen molar-refractivity contribution in [3.8, 4) is 0 Å². The molecule has 1 N–H and O–H groups in total. The fourth-order valence-electron chi connectivity index (χ4n) is 1.55. The lowest BCUT2D eigenvalue weighted by molar-refractivity contribution is 0.119. The highest BCUT2D eigenvalue weighted by molar-refractivity contribution is 4.68. The summed E-state index contributed by atoms with van der Waals surface area (Å²) in [6, 6.07) is 0.380. The van der Waals surface area contributed by atoms with Crippen LogP contribution in [0.25, 0.3) is 0 Å². The van der Waals surface area contributed by atoms with Crippen LogP contribution in [0.1, 0.15) is 40.0 Å². The van der Waals surface area contributed by atoms with Crippen LogP contribution >= 0.6 is 0 Å². The Morgan fingerprint density at radius 2 is 1.58 bits per heavy atom. The third-order valence-electron chi connectivity index (χ3n) is 2.22. The van der Waals surface area contributed by atoms with Gasteiger partial charge in [0.15, 0.2) is 0 Å². The van der Waals surface area contributed by atoms with Gasteiger partial charge in [-0.05, 0) is 32.4 Å². The van der Waals surface area contributed by atoms with Gasteiger partial charge in [0.25, 0.3) is 0 Å². The minimum Gasteiger partial charge on any atom is -0.395 e. The summed E-state index contributed by atoms with van der Waals surface area (Å²) in [5, 5.41) is 9.11. The molecular weight excluding hydrogens is 150 g/mol. The predicted octanol–water partition coefficient (Wildman–Crippen LogP) is 1.88. The zero-order chi connectivity index (χ0) is 9.40. The minimum atomic E-state index is 0.302. The van der Waals surface area contributed by atoms with Gasteiger partial charge in [-0.3, -0.25) is 4.90 Å². The first-order chi connectivity index (χ1) is 5.79. The SMILES string of the molecule is CCCN(CCC)C(CC)CO. The normalized spacial score (nSPS) is 13.8. The van der Waals surface area contributed by atoms with E-state index in [1.807, 2.05) is 0 Å². The average molecular weight is 173 g/mol. The number of hydrogen-bond acceptors (Lipinski definition) is 2. The van der Waals surface area contributed by atoms with Crippen molar-refractivity contribution in [2.45, 2.75) is 46.1 Å². The van der Waals surface area contributed by atoms with Crippen LogP contribution in [-0.4, -0.2) is 35.7 Å². The number of nitrogens with zero attached hydrogens (tertiary/aromatic N) is 1. The lowest BCUT2D eigenvalue weighted by Crippen LogP contribution is -2.38. The Labute approximate surface area is 76.6 Å². The quantitative estimate of drug-likeness (QED) is 0.635. The summed E-state index contributed by atoms with van der Waals surface area (Å²) in [5.41, 5.74) is 0. The topological polar surface area (TPSA) is 23.5 Å². The maximum atomic E-state index is 9.11. The number of hydrogen-bond donors (Lipinski definition) is 1. The van der Waals surface area contributed by atoms with Crippen LogP contribution in [0.4, 0.5) is 0 Å². The van der Waals surface area contributed by atoms with Gasteiger partial charge in [0, 0.05) is 6.04 Å². The maximum Gasteiger partial charge on any atom is 0.0586 e. The summed E-state index contributed by atoms with van der Waals surface area (Å²) in [6.45, 7) is 9.05. The van der Waals surface area contributed by atoms with Crippen LogP contribution in [0.3, 0.4) is 0 Å². The number of rotatable bonds is 7. The van der Waals surface area contributed by atoms with E-state index < -0.39 is 0 Å². The molecule has 2 heteroatoms. The molecular formula is C10H23NO. The lowest BCUT2D eigenvalue weighted by Gasteiger charge is -2.28. The van der Waals surface area contributed by atoms with E-state index >= 15 is 0 Å². The number of aliphatic hydroxyl groups is 1. The highest BCUT2D eigenvalue weighted by Gasteiger charge is 2.13. The van der Waals surface area contributed by atoms with Gasteiger partial charge in [-0.2, -0.15) is 0 Å². The third kappa shape index (κ3) is 4.07. The first-order valence-corrected chi connectivity index (χ1v) is 5.14. The third-order valence-corrected chi connectivity index (χ3v) is 2.22. The van der Waals surface area contributed by atoms with Crippen LogP contribution in [-0.2, 0) is 0 Å². The molecule has 1 atom stereocenters. The molecule has 0 aromatic rings. The van der Waals surface area contributed by atoms with Crippen molar-refractivity contribution in [3.05, 3.63) is 0 Å². The molecule has 0 aromatic heterocycles. The Bertz CT molecular complexity index is 85.8. The summed E-state index contributed by atoms with van der Waals surface area (Å²) < 4.78 is 0. The van der Waals surface area contributed by atoms with Crippen molar-refractivity contribution in [1.29, 1.82) is 0 Å². The summed E-state index contributed by atoms with van der Waals surface area (Å²) in [5.74, 6) is 0. The monoisotopic (exact) mass is 173 g/mol. The second kappa shape index (κ2) is 7.56. The Hall–Kier alpha value is -0.0800. The molecule has 0 heterocycles. The molecule has 0 rings (SSSR count). The van der Waals surface area contributed by atoms with Crippen LogP contribution in [0.15, 0.2) is 0 Å². The molecule has 0 aliphatic carbocycles. The van der Waals surface area contributed by atoms with Crippen molar-refractivity contribution >= 4 is 0 Å². The molecule has 12 heavy (non-hydrogen) atoms. The summed E-state index contributed by atoms with van der Waals surface area (Å²) in [6.07, 6.45) is 3.41. The Morgan fingerprint density at radius 3 is 1.83 bits per heavy atom. The van der Waals surface area contributed by atoms with Crippen molar-refractivity contribution in [2.24, 2.45) is 0 Å². The van der Waals surface area contributed by atoms with Gasteiger partial charge in [0.2, 0.25) is 0 Å². The second-order valence-corrected chi connectivity index (χ2v) is 3.28.